The van der Waals surface area contributed by atoms with Gasteiger partial charge in [-0.2, -0.15) is 0 Å². The largest absolute Gasteiger partial charge is 0.262 e. The van der Waals surface area contributed by atoms with Gasteiger partial charge in [-0.05, 0) is 0 Å². The molecule has 2 aromatic heterocycles. The summed E-state index contributed by atoms with van der Waals surface area (Å²) in [7, 11) is 0. The molecule has 0 aliphatic rings. The second-order valence-corrected chi connectivity index (χ2v) is 3.35. The van der Waals surface area contributed by atoms with Gasteiger partial charge in [0.15, 0.2) is 0 Å². The van der Waals surface area contributed by atoms with E-state index < -0.39 is 0 Å². The Morgan fingerprint density at radius 3 is 1.72 bits per heavy atom. The molecule has 3 rings (SSSR count). The predicted molar refractivity (Wildman–Crippen MR) is 69.5 cm³/mol. The van der Waals surface area contributed by atoms with E-state index >= 15 is 0 Å². The first-order valence-electron chi connectivity index (χ1n) is 5.48. The Bertz CT molecular complexity index is 476. The highest BCUT2D eigenvalue weighted by Gasteiger charge is 1.94. The third-order valence-electron chi connectivity index (χ3n) is 2.11. The van der Waals surface area contributed by atoms with E-state index in [0.29, 0.717) is 0 Å². The van der Waals surface area contributed by atoms with Gasteiger partial charge < -0.3 is 0 Å². The Balaban J connectivity index is 0.000000169. The lowest BCUT2D eigenvalue weighted by Gasteiger charge is -1.96. The molecule has 0 bridgehead atoms. The van der Waals surface area contributed by atoms with Gasteiger partial charge in [-0.25, -0.2) is 0 Å². The van der Waals surface area contributed by atoms with Crippen LogP contribution in [0.3, 0.4) is 0 Å². The van der Waals surface area contributed by atoms with Crippen LogP contribution in [0, 0.1) is 0 Å². The lowest BCUT2D eigenvalue weighted by molar-refractivity contribution is 1.20. The van der Waals surface area contributed by atoms with Gasteiger partial charge in [-0.1, -0.05) is 30.3 Å². The summed E-state index contributed by atoms with van der Waals surface area (Å²) in [6.07, 6.45) is 11.7. The van der Waals surface area contributed by atoms with Gasteiger partial charge in [0.05, 0.1) is 11.9 Å². The SMILES string of the molecule is c1ccc(-c2cnccn2)cc1.c1cnccn1. The summed E-state index contributed by atoms with van der Waals surface area (Å²) in [6.45, 7) is 0. The van der Waals surface area contributed by atoms with Gasteiger partial charge in [0.1, 0.15) is 0 Å². The van der Waals surface area contributed by atoms with Gasteiger partial charge in [0.2, 0.25) is 0 Å². The van der Waals surface area contributed by atoms with Crippen molar-refractivity contribution < 1.29 is 0 Å². The molecule has 0 atom stereocenters. The summed E-state index contributed by atoms with van der Waals surface area (Å²) in [6, 6.07) is 10.0. The zero-order valence-corrected chi connectivity index (χ0v) is 9.72. The van der Waals surface area contributed by atoms with E-state index in [1.54, 1.807) is 43.4 Å². The van der Waals surface area contributed by atoms with Gasteiger partial charge in [-0.15, -0.1) is 0 Å². The number of aromatic nitrogens is 4. The van der Waals surface area contributed by atoms with E-state index in [-0.39, 0.29) is 0 Å². The molecule has 0 aliphatic carbocycles. The van der Waals surface area contributed by atoms with Crippen molar-refractivity contribution in [3.05, 3.63) is 73.7 Å². The summed E-state index contributed by atoms with van der Waals surface area (Å²) in [4.78, 5) is 15.6. The summed E-state index contributed by atoms with van der Waals surface area (Å²) >= 11 is 0. The second-order valence-electron chi connectivity index (χ2n) is 3.35. The molecule has 4 heteroatoms. The molecule has 3 aromatic rings. The van der Waals surface area contributed by atoms with Crippen LogP contribution >= 0.6 is 0 Å². The van der Waals surface area contributed by atoms with Gasteiger partial charge in [0.25, 0.3) is 0 Å². The molecule has 0 amide bonds. The smallest absolute Gasteiger partial charge is 0.0885 e. The van der Waals surface area contributed by atoms with Crippen LogP contribution in [0.1, 0.15) is 0 Å². The van der Waals surface area contributed by atoms with E-state index in [4.69, 9.17) is 0 Å². The monoisotopic (exact) mass is 236 g/mol. The average molecular weight is 236 g/mol. The molecular formula is C14H12N4. The molecule has 0 spiro atoms. The Morgan fingerprint density at radius 2 is 1.22 bits per heavy atom. The zero-order valence-electron chi connectivity index (χ0n) is 9.72. The second kappa shape index (κ2) is 6.85. The number of nitrogens with zero attached hydrogens (tertiary/aromatic N) is 4. The maximum Gasteiger partial charge on any atom is 0.0885 e. The van der Waals surface area contributed by atoms with Gasteiger partial charge >= 0.3 is 0 Å². The molecule has 2 heterocycles. The van der Waals surface area contributed by atoms with Crippen molar-refractivity contribution in [2.75, 3.05) is 0 Å². The Kier molecular flexibility index (Phi) is 4.51. The number of benzene rings is 1. The lowest BCUT2D eigenvalue weighted by atomic mass is 10.2. The fourth-order valence-corrected chi connectivity index (χ4v) is 1.31. The van der Waals surface area contributed by atoms with Crippen LogP contribution in [0.15, 0.2) is 73.7 Å². The van der Waals surface area contributed by atoms with Crippen molar-refractivity contribution in [1.29, 1.82) is 0 Å². The first kappa shape index (κ1) is 11.9. The Hall–Kier alpha value is -2.62. The van der Waals surface area contributed by atoms with Crippen LogP contribution in [0.4, 0.5) is 0 Å². The van der Waals surface area contributed by atoms with E-state index in [1.165, 1.54) is 0 Å². The average Bonchev–Trinajstić information content (AvgIpc) is 2.51. The van der Waals surface area contributed by atoms with Crippen LogP contribution in [-0.2, 0) is 0 Å². The fourth-order valence-electron chi connectivity index (χ4n) is 1.31. The van der Waals surface area contributed by atoms with E-state index in [9.17, 15) is 0 Å². The first-order chi connectivity index (χ1) is 8.97. The molecule has 0 N–H and O–H groups in total. The topological polar surface area (TPSA) is 51.6 Å². The van der Waals surface area contributed by atoms with Crippen LogP contribution < -0.4 is 0 Å². The fraction of sp³-hybridized carbons (Fsp3) is 0. The van der Waals surface area contributed by atoms with Crippen molar-refractivity contribution >= 4 is 0 Å². The lowest BCUT2D eigenvalue weighted by Crippen LogP contribution is -1.82. The maximum absolute atomic E-state index is 4.19. The Morgan fingerprint density at radius 1 is 0.611 bits per heavy atom. The number of hydrogen-bond acceptors (Lipinski definition) is 4. The maximum atomic E-state index is 4.19. The molecule has 0 fully saturated rings. The van der Waals surface area contributed by atoms with Crippen LogP contribution in [0.25, 0.3) is 11.3 Å². The molecule has 0 saturated carbocycles. The first-order valence-corrected chi connectivity index (χ1v) is 5.48. The third-order valence-corrected chi connectivity index (χ3v) is 2.11. The molecule has 0 radical (unpaired) electrons. The highest BCUT2D eigenvalue weighted by molar-refractivity contribution is 5.57. The molecule has 0 aliphatic heterocycles. The molecule has 1 aromatic carbocycles. The van der Waals surface area contributed by atoms with Gasteiger partial charge in [0, 0.05) is 42.7 Å². The standard InChI is InChI=1S/C10H8N2.C4H4N2/c1-2-4-9(5-3-1)10-8-11-6-7-12-10;1-2-6-4-3-5-1/h1-8H;1-4H. The van der Waals surface area contributed by atoms with Crippen LogP contribution in [0.5, 0.6) is 0 Å². The predicted octanol–water partition coefficient (Wildman–Crippen LogP) is 2.62. The Labute approximate surface area is 105 Å². The van der Waals surface area contributed by atoms with Crippen LogP contribution in [0.2, 0.25) is 0 Å². The number of rotatable bonds is 1. The van der Waals surface area contributed by atoms with Crippen molar-refractivity contribution in [1.82, 2.24) is 19.9 Å². The summed E-state index contributed by atoms with van der Waals surface area (Å²) in [5, 5.41) is 0. The van der Waals surface area contributed by atoms with E-state index in [1.807, 2.05) is 30.3 Å². The minimum Gasteiger partial charge on any atom is -0.262 e. The molecule has 4 nitrogen and oxygen atoms in total. The van der Waals surface area contributed by atoms with Crippen molar-refractivity contribution in [2.45, 2.75) is 0 Å². The van der Waals surface area contributed by atoms with E-state index in [2.05, 4.69) is 19.9 Å². The molecule has 0 saturated heterocycles. The quantitative estimate of drug-likeness (QED) is 0.651. The molecule has 88 valence electrons. The molecular weight excluding hydrogens is 224 g/mol. The van der Waals surface area contributed by atoms with Crippen molar-refractivity contribution in [3.8, 4) is 11.3 Å². The third kappa shape index (κ3) is 3.75. The summed E-state index contributed by atoms with van der Waals surface area (Å²) in [5.74, 6) is 0. The zero-order chi connectivity index (χ0) is 12.5. The molecule has 0 unspecified atom stereocenters. The normalized spacial score (nSPS) is 9.11. The van der Waals surface area contributed by atoms with Crippen molar-refractivity contribution in [2.24, 2.45) is 0 Å². The molecule has 18 heavy (non-hydrogen) atoms. The van der Waals surface area contributed by atoms with E-state index in [0.717, 1.165) is 11.3 Å². The number of hydrogen-bond donors (Lipinski definition) is 0. The minimum atomic E-state index is 0.915. The van der Waals surface area contributed by atoms with Crippen molar-refractivity contribution in [3.63, 3.8) is 0 Å². The van der Waals surface area contributed by atoms with Gasteiger partial charge in [-0.3, -0.25) is 19.9 Å². The minimum absolute atomic E-state index is 0.915. The highest BCUT2D eigenvalue weighted by Crippen LogP contribution is 2.13. The highest BCUT2D eigenvalue weighted by atomic mass is 14.8. The summed E-state index contributed by atoms with van der Waals surface area (Å²) in [5.41, 5.74) is 2.02. The van der Waals surface area contributed by atoms with Crippen LogP contribution in [-0.4, -0.2) is 19.9 Å². The summed E-state index contributed by atoms with van der Waals surface area (Å²) < 4.78 is 0.